The molecule has 1 N–H and O–H groups in total. The molecule has 0 spiro atoms. The van der Waals surface area contributed by atoms with Gasteiger partial charge in [0.05, 0.1) is 17.6 Å². The van der Waals surface area contributed by atoms with Crippen LogP contribution in [0.15, 0.2) is 44.0 Å². The lowest BCUT2D eigenvalue weighted by molar-refractivity contribution is 0.318. The van der Waals surface area contributed by atoms with Crippen LogP contribution in [-0.2, 0) is 0 Å². The van der Waals surface area contributed by atoms with Gasteiger partial charge in [-0.05, 0) is 24.6 Å². The quantitative estimate of drug-likeness (QED) is 0.695. The Kier molecular flexibility index (Phi) is 3.70. The molecule has 0 fully saturated rings. The van der Waals surface area contributed by atoms with Crippen molar-refractivity contribution in [3.05, 3.63) is 55.1 Å². The topological polar surface area (TPSA) is 34.4 Å². The highest BCUT2D eigenvalue weighted by atomic mass is 16.5. The minimum atomic E-state index is 0.108. The van der Waals surface area contributed by atoms with E-state index in [1.807, 2.05) is 35.8 Å². The van der Waals surface area contributed by atoms with Crippen molar-refractivity contribution >= 4 is 40.2 Å². The molecular weight excluding hydrogens is 286 g/mol. The van der Waals surface area contributed by atoms with E-state index in [0.717, 1.165) is 32.9 Å². The van der Waals surface area contributed by atoms with Crippen molar-refractivity contribution in [1.82, 2.24) is 4.57 Å². The van der Waals surface area contributed by atoms with Crippen molar-refractivity contribution in [1.29, 1.82) is 0 Å². The number of hydrogen-bond donors (Lipinski definition) is 1. The van der Waals surface area contributed by atoms with Gasteiger partial charge < -0.3 is 14.4 Å². The Balaban J connectivity index is 2.63. The number of rotatable bonds is 5. The molecule has 3 nitrogen and oxygen atoms in total. The first kappa shape index (κ1) is 15.0. The molecule has 0 unspecified atom stereocenters. The van der Waals surface area contributed by atoms with E-state index in [4.69, 9.17) is 4.74 Å². The molecule has 1 aromatic heterocycles. The van der Waals surface area contributed by atoms with E-state index in [1.54, 1.807) is 18.3 Å². The smallest absolute Gasteiger partial charge is 0.170 e. The molecule has 0 amide bonds. The van der Waals surface area contributed by atoms with Gasteiger partial charge >= 0.3 is 0 Å². The van der Waals surface area contributed by atoms with Gasteiger partial charge in [0.2, 0.25) is 0 Å². The van der Waals surface area contributed by atoms with E-state index in [-0.39, 0.29) is 5.75 Å². The van der Waals surface area contributed by atoms with Gasteiger partial charge in [-0.3, -0.25) is 0 Å². The fraction of sp³-hybridized carbons (Fsp3) is 0.100. The van der Waals surface area contributed by atoms with Crippen molar-refractivity contribution in [2.75, 3.05) is 6.61 Å². The average molecular weight is 305 g/mol. The standard InChI is InChI=1S/C20H19NO2/c1-5-13-10-9-11-16-18(13)15-12-17(22)20(23-8-4)14(6-2)19(15)21(16)7-3/h5-7,9-12,22H,1-3,8H2,4H3. The first-order valence-corrected chi connectivity index (χ1v) is 7.50. The lowest BCUT2D eigenvalue weighted by atomic mass is 10.0. The minimum Gasteiger partial charge on any atom is -0.504 e. The molecule has 0 atom stereocenters. The van der Waals surface area contributed by atoms with Crippen LogP contribution in [0.2, 0.25) is 0 Å². The highest BCUT2D eigenvalue weighted by molar-refractivity contribution is 6.15. The number of benzene rings is 2. The molecule has 2 aromatic carbocycles. The molecule has 0 bridgehead atoms. The fourth-order valence-electron chi connectivity index (χ4n) is 3.13. The summed E-state index contributed by atoms with van der Waals surface area (Å²) in [6, 6.07) is 7.75. The zero-order chi connectivity index (χ0) is 16.6. The summed E-state index contributed by atoms with van der Waals surface area (Å²) in [7, 11) is 0. The number of fused-ring (bicyclic) bond motifs is 3. The van der Waals surface area contributed by atoms with E-state index >= 15 is 0 Å². The Labute approximate surface area is 135 Å². The lowest BCUT2D eigenvalue weighted by Gasteiger charge is -2.12. The van der Waals surface area contributed by atoms with Crippen molar-refractivity contribution in [2.45, 2.75) is 6.92 Å². The number of ether oxygens (including phenoxy) is 1. The monoisotopic (exact) mass is 305 g/mol. The Bertz CT molecular complexity index is 948. The molecule has 0 saturated heterocycles. The second-order valence-electron chi connectivity index (χ2n) is 5.17. The molecule has 0 saturated carbocycles. The number of aromatic hydroxyl groups is 1. The van der Waals surface area contributed by atoms with Crippen molar-refractivity contribution in [3.63, 3.8) is 0 Å². The molecule has 0 aliphatic rings. The zero-order valence-corrected chi connectivity index (χ0v) is 13.2. The van der Waals surface area contributed by atoms with Crippen LogP contribution in [0.4, 0.5) is 0 Å². The van der Waals surface area contributed by atoms with E-state index in [0.29, 0.717) is 12.4 Å². The van der Waals surface area contributed by atoms with Crippen molar-refractivity contribution in [3.8, 4) is 11.5 Å². The number of nitrogens with zero attached hydrogens (tertiary/aromatic N) is 1. The summed E-state index contributed by atoms with van der Waals surface area (Å²) in [5, 5.41) is 12.4. The second-order valence-corrected chi connectivity index (χ2v) is 5.17. The first-order chi connectivity index (χ1) is 11.2. The van der Waals surface area contributed by atoms with Gasteiger partial charge in [-0.25, -0.2) is 0 Å². The largest absolute Gasteiger partial charge is 0.504 e. The molecule has 0 aliphatic heterocycles. The maximum Gasteiger partial charge on any atom is 0.170 e. The number of aromatic nitrogens is 1. The van der Waals surface area contributed by atoms with Crippen LogP contribution in [0.25, 0.3) is 40.2 Å². The SMILES string of the molecule is C=Cc1cccc2c1c1cc(O)c(OCC)c(C=C)c1n2C=C. The number of phenolic OH excluding ortho intramolecular Hbond substituents is 1. The van der Waals surface area contributed by atoms with Crippen LogP contribution in [0.1, 0.15) is 18.1 Å². The van der Waals surface area contributed by atoms with Crippen LogP contribution in [0, 0.1) is 0 Å². The third kappa shape index (κ3) is 2.05. The molecule has 3 heteroatoms. The predicted molar refractivity (Wildman–Crippen MR) is 98.8 cm³/mol. The lowest BCUT2D eigenvalue weighted by Crippen LogP contribution is -1.97. The normalized spacial score (nSPS) is 10.8. The molecule has 3 rings (SSSR count). The highest BCUT2D eigenvalue weighted by Crippen LogP contribution is 2.43. The molecule has 0 aliphatic carbocycles. The number of phenols is 1. The Hall–Kier alpha value is -2.94. The maximum atomic E-state index is 10.4. The van der Waals surface area contributed by atoms with Gasteiger partial charge in [0.1, 0.15) is 0 Å². The van der Waals surface area contributed by atoms with Crippen LogP contribution in [0.5, 0.6) is 11.5 Å². The average Bonchev–Trinajstić information content (AvgIpc) is 2.89. The Morgan fingerprint density at radius 2 is 2.00 bits per heavy atom. The number of hydrogen-bond acceptors (Lipinski definition) is 2. The zero-order valence-electron chi connectivity index (χ0n) is 13.2. The summed E-state index contributed by atoms with van der Waals surface area (Å²) in [5.74, 6) is 0.553. The van der Waals surface area contributed by atoms with Crippen molar-refractivity contribution in [2.24, 2.45) is 0 Å². The van der Waals surface area contributed by atoms with Crippen LogP contribution < -0.4 is 4.74 Å². The van der Waals surface area contributed by atoms with Crippen LogP contribution >= 0.6 is 0 Å². The molecule has 116 valence electrons. The van der Waals surface area contributed by atoms with Crippen LogP contribution in [-0.4, -0.2) is 16.3 Å². The van der Waals surface area contributed by atoms with E-state index < -0.39 is 0 Å². The summed E-state index contributed by atoms with van der Waals surface area (Å²) < 4.78 is 7.63. The fourth-order valence-corrected chi connectivity index (χ4v) is 3.13. The summed E-state index contributed by atoms with van der Waals surface area (Å²) >= 11 is 0. The summed E-state index contributed by atoms with van der Waals surface area (Å²) in [6.45, 7) is 14.1. The van der Waals surface area contributed by atoms with Gasteiger partial charge in [-0.1, -0.05) is 44.0 Å². The summed E-state index contributed by atoms with van der Waals surface area (Å²) in [5.41, 5.74) is 3.68. The highest BCUT2D eigenvalue weighted by Gasteiger charge is 2.19. The third-order valence-corrected chi connectivity index (χ3v) is 4.01. The summed E-state index contributed by atoms with van der Waals surface area (Å²) in [6.07, 6.45) is 5.28. The molecule has 1 heterocycles. The molecule has 3 aromatic rings. The van der Waals surface area contributed by atoms with Gasteiger partial charge in [-0.2, -0.15) is 0 Å². The van der Waals surface area contributed by atoms with E-state index in [1.165, 1.54) is 0 Å². The predicted octanol–water partition coefficient (Wildman–Crippen LogP) is 5.29. The Morgan fingerprint density at radius 3 is 2.61 bits per heavy atom. The first-order valence-electron chi connectivity index (χ1n) is 7.50. The maximum absolute atomic E-state index is 10.4. The van der Waals surface area contributed by atoms with Gasteiger partial charge in [-0.15, -0.1) is 0 Å². The van der Waals surface area contributed by atoms with Crippen molar-refractivity contribution < 1.29 is 9.84 Å². The van der Waals surface area contributed by atoms with E-state index in [2.05, 4.69) is 19.7 Å². The second kappa shape index (κ2) is 5.69. The Morgan fingerprint density at radius 1 is 1.22 bits per heavy atom. The van der Waals surface area contributed by atoms with E-state index in [9.17, 15) is 5.11 Å². The molecular formula is C20H19NO2. The minimum absolute atomic E-state index is 0.108. The molecule has 23 heavy (non-hydrogen) atoms. The van der Waals surface area contributed by atoms with Gasteiger partial charge in [0.15, 0.2) is 11.5 Å². The van der Waals surface area contributed by atoms with Crippen LogP contribution in [0.3, 0.4) is 0 Å². The van der Waals surface area contributed by atoms with Gasteiger partial charge in [0, 0.05) is 22.5 Å². The third-order valence-electron chi connectivity index (χ3n) is 4.01. The molecule has 0 radical (unpaired) electrons. The van der Waals surface area contributed by atoms with Gasteiger partial charge in [0.25, 0.3) is 0 Å². The summed E-state index contributed by atoms with van der Waals surface area (Å²) in [4.78, 5) is 0.